The molecule has 1 aromatic carbocycles. The molecule has 144 valence electrons. The highest BCUT2D eigenvalue weighted by Gasteiger charge is 2.30. The Morgan fingerprint density at radius 2 is 1.54 bits per heavy atom. The highest BCUT2D eigenvalue weighted by Crippen LogP contribution is 2.44. The van der Waals surface area contributed by atoms with Crippen LogP contribution in [0.1, 0.15) is 88.2 Å². The van der Waals surface area contributed by atoms with Crippen LogP contribution >= 0.6 is 0 Å². The molecule has 0 amide bonds. The fraction of sp³-hybridized carbons (Fsp3) is 0.680. The van der Waals surface area contributed by atoms with Crippen molar-refractivity contribution in [2.24, 2.45) is 17.8 Å². The number of hydrogen-bond acceptors (Lipinski definition) is 1. The maximum absolute atomic E-state index is 5.74. The third kappa shape index (κ3) is 5.46. The average Bonchev–Trinajstić information content (AvgIpc) is 2.72. The van der Waals surface area contributed by atoms with Gasteiger partial charge in [0.2, 0.25) is 0 Å². The second-order valence-corrected chi connectivity index (χ2v) is 8.67. The Morgan fingerprint density at radius 1 is 0.923 bits per heavy atom. The summed E-state index contributed by atoms with van der Waals surface area (Å²) in [5, 5.41) is 0. The van der Waals surface area contributed by atoms with Crippen LogP contribution in [0.3, 0.4) is 0 Å². The predicted octanol–water partition coefficient (Wildman–Crippen LogP) is 7.27. The normalized spacial score (nSPS) is 29.4. The molecule has 0 radical (unpaired) electrons. The second kappa shape index (κ2) is 10.3. The minimum Gasteiger partial charge on any atom is -0.377 e. The molecule has 2 fully saturated rings. The van der Waals surface area contributed by atoms with Crippen molar-refractivity contribution in [2.75, 3.05) is 6.61 Å². The van der Waals surface area contributed by atoms with Gasteiger partial charge in [-0.05, 0) is 92.6 Å². The Labute approximate surface area is 161 Å². The molecule has 0 unspecified atom stereocenters. The summed E-state index contributed by atoms with van der Waals surface area (Å²) < 4.78 is 5.74. The van der Waals surface area contributed by atoms with Crippen molar-refractivity contribution in [3.8, 4) is 0 Å². The van der Waals surface area contributed by atoms with E-state index in [0.29, 0.717) is 0 Å². The number of benzene rings is 1. The average molecular weight is 355 g/mol. The van der Waals surface area contributed by atoms with E-state index in [0.717, 1.165) is 43.3 Å². The van der Waals surface area contributed by atoms with Gasteiger partial charge in [-0.15, -0.1) is 6.58 Å². The first-order chi connectivity index (χ1) is 12.8. The van der Waals surface area contributed by atoms with Crippen molar-refractivity contribution < 1.29 is 4.74 Å². The quantitative estimate of drug-likeness (QED) is 0.352. The van der Waals surface area contributed by atoms with Crippen molar-refractivity contribution in [3.05, 3.63) is 48.0 Å². The lowest BCUT2D eigenvalue weighted by Crippen LogP contribution is -2.25. The van der Waals surface area contributed by atoms with Crippen LogP contribution in [0.4, 0.5) is 0 Å². The molecule has 0 atom stereocenters. The second-order valence-electron chi connectivity index (χ2n) is 8.67. The molecule has 3 rings (SSSR count). The molecule has 26 heavy (non-hydrogen) atoms. The van der Waals surface area contributed by atoms with Crippen molar-refractivity contribution in [1.29, 1.82) is 0 Å². The van der Waals surface area contributed by atoms with E-state index in [1.807, 2.05) is 0 Å². The maximum Gasteiger partial charge on any atom is 0.0716 e. The molecule has 1 aromatic rings. The van der Waals surface area contributed by atoms with Crippen molar-refractivity contribution in [3.63, 3.8) is 0 Å². The fourth-order valence-electron chi connectivity index (χ4n) is 5.10. The van der Waals surface area contributed by atoms with Crippen LogP contribution in [0, 0.1) is 17.8 Å². The van der Waals surface area contributed by atoms with Gasteiger partial charge in [0.15, 0.2) is 0 Å². The van der Waals surface area contributed by atoms with E-state index in [9.17, 15) is 0 Å². The molecule has 2 aliphatic rings. The summed E-state index contributed by atoms with van der Waals surface area (Å²) in [4.78, 5) is 0. The first kappa shape index (κ1) is 19.7. The zero-order valence-corrected chi connectivity index (χ0v) is 16.8. The van der Waals surface area contributed by atoms with Gasteiger partial charge in [0.1, 0.15) is 0 Å². The summed E-state index contributed by atoms with van der Waals surface area (Å²) >= 11 is 0. The number of unbranched alkanes of at least 4 members (excludes halogenated alkanes) is 1. The highest BCUT2D eigenvalue weighted by atomic mass is 16.5. The molecule has 0 bridgehead atoms. The minimum absolute atomic E-state index is 0.764. The van der Waals surface area contributed by atoms with E-state index < -0.39 is 0 Å². The van der Waals surface area contributed by atoms with Gasteiger partial charge in [-0.2, -0.15) is 0 Å². The molecular formula is C25H38O. The molecule has 0 aliphatic heterocycles. The topological polar surface area (TPSA) is 9.23 Å². The van der Waals surface area contributed by atoms with Crippen molar-refractivity contribution >= 4 is 0 Å². The van der Waals surface area contributed by atoms with Gasteiger partial charge in [0.25, 0.3) is 0 Å². The van der Waals surface area contributed by atoms with Crippen LogP contribution in [0.25, 0.3) is 0 Å². The summed E-state index contributed by atoms with van der Waals surface area (Å²) in [5.41, 5.74) is 2.87. The van der Waals surface area contributed by atoms with Crippen LogP contribution < -0.4 is 0 Å². The van der Waals surface area contributed by atoms with E-state index in [4.69, 9.17) is 4.74 Å². The van der Waals surface area contributed by atoms with Gasteiger partial charge < -0.3 is 4.74 Å². The lowest BCUT2D eigenvalue weighted by Gasteiger charge is -2.37. The smallest absolute Gasteiger partial charge is 0.0716 e. The van der Waals surface area contributed by atoms with Crippen LogP contribution in [0.5, 0.6) is 0 Å². The largest absolute Gasteiger partial charge is 0.377 e. The van der Waals surface area contributed by atoms with Gasteiger partial charge in [-0.1, -0.05) is 43.7 Å². The summed E-state index contributed by atoms with van der Waals surface area (Å²) in [6.45, 7) is 7.85. The molecule has 1 nitrogen and oxygen atoms in total. The first-order valence-corrected chi connectivity index (χ1v) is 11.1. The minimum atomic E-state index is 0.764. The Bertz CT molecular complexity index is 516. The Morgan fingerprint density at radius 3 is 2.12 bits per heavy atom. The monoisotopic (exact) mass is 354 g/mol. The van der Waals surface area contributed by atoms with E-state index in [1.165, 1.54) is 63.4 Å². The van der Waals surface area contributed by atoms with Crippen LogP contribution in [-0.4, -0.2) is 6.61 Å². The summed E-state index contributed by atoms with van der Waals surface area (Å²) in [6, 6.07) is 9.28. The van der Waals surface area contributed by atoms with Crippen molar-refractivity contribution in [1.82, 2.24) is 0 Å². The number of hydrogen-bond donors (Lipinski definition) is 0. The number of rotatable bonds is 8. The lowest BCUT2D eigenvalue weighted by atomic mass is 9.68. The van der Waals surface area contributed by atoms with E-state index in [2.05, 4.69) is 43.8 Å². The molecule has 2 aliphatic carbocycles. The Hall–Kier alpha value is -1.08. The molecule has 0 saturated heterocycles. The fourth-order valence-corrected chi connectivity index (χ4v) is 5.10. The van der Waals surface area contributed by atoms with Crippen molar-refractivity contribution in [2.45, 2.75) is 83.7 Å². The molecule has 1 heteroatoms. The van der Waals surface area contributed by atoms with Crippen LogP contribution in [0.2, 0.25) is 0 Å². The van der Waals surface area contributed by atoms with Gasteiger partial charge >= 0.3 is 0 Å². The van der Waals surface area contributed by atoms with Gasteiger partial charge in [0.05, 0.1) is 6.61 Å². The van der Waals surface area contributed by atoms with E-state index >= 15 is 0 Å². The zero-order valence-electron chi connectivity index (χ0n) is 16.8. The molecule has 0 aromatic heterocycles. The Kier molecular flexibility index (Phi) is 7.80. The maximum atomic E-state index is 5.74. The standard InChI is InChI=1S/C25H38O/c1-3-5-18-26-19-21-8-12-23(13-9-21)25-16-14-24(15-17-25)22-10-6-20(4-2)7-11-22/h4,8-9,12-13,20,22,24-25H,2-3,5-7,10-11,14-19H2,1H3. The summed E-state index contributed by atoms with van der Waals surface area (Å²) in [7, 11) is 0. The molecule has 0 N–H and O–H groups in total. The van der Waals surface area contributed by atoms with Gasteiger partial charge in [0, 0.05) is 6.61 Å². The SMILES string of the molecule is C=CC1CCC(C2CCC(c3ccc(COCCCC)cc3)CC2)CC1. The third-order valence-corrected chi connectivity index (χ3v) is 6.95. The van der Waals surface area contributed by atoms with Crippen LogP contribution in [-0.2, 0) is 11.3 Å². The number of ether oxygens (including phenoxy) is 1. The summed E-state index contributed by atoms with van der Waals surface area (Å²) in [6.07, 6.45) is 15.9. The van der Waals surface area contributed by atoms with E-state index in [1.54, 1.807) is 5.56 Å². The summed E-state index contributed by atoms with van der Waals surface area (Å²) in [5.74, 6) is 3.57. The lowest BCUT2D eigenvalue weighted by molar-refractivity contribution is 0.118. The Balaban J connectivity index is 1.42. The molecule has 2 saturated carbocycles. The van der Waals surface area contributed by atoms with Gasteiger partial charge in [-0.3, -0.25) is 0 Å². The van der Waals surface area contributed by atoms with Gasteiger partial charge in [-0.25, -0.2) is 0 Å². The molecule has 0 spiro atoms. The highest BCUT2D eigenvalue weighted by molar-refractivity contribution is 5.25. The van der Waals surface area contributed by atoms with E-state index in [-0.39, 0.29) is 0 Å². The predicted molar refractivity (Wildman–Crippen MR) is 111 cm³/mol. The van der Waals surface area contributed by atoms with Crippen LogP contribution in [0.15, 0.2) is 36.9 Å². The molecular weight excluding hydrogens is 316 g/mol. The first-order valence-electron chi connectivity index (χ1n) is 11.1. The zero-order chi connectivity index (χ0) is 18.2. The molecule has 0 heterocycles. The number of allylic oxidation sites excluding steroid dienone is 1. The third-order valence-electron chi connectivity index (χ3n) is 6.95.